The summed E-state index contributed by atoms with van der Waals surface area (Å²) < 4.78 is 21.2. The number of carbonyl (C=O) groups is 1. The first-order chi connectivity index (χ1) is 18.3. The van der Waals surface area contributed by atoms with E-state index in [-0.39, 0.29) is 11.7 Å². The molecule has 0 aliphatic carbocycles. The number of benzene rings is 3. The van der Waals surface area contributed by atoms with Gasteiger partial charge in [-0.2, -0.15) is 0 Å². The summed E-state index contributed by atoms with van der Waals surface area (Å²) in [5, 5.41) is 4.38. The Labute approximate surface area is 233 Å². The SMILES string of the molecule is Cc1cc(/C=C2/SC(=Nc3ccc(F)cc3)NC2=O)c(C)n1-c1ccc(OCc2ccc(Cl)cc2Cl)cc1. The fraction of sp³-hybridized carbons (Fsp3) is 0.103. The largest absolute Gasteiger partial charge is 0.489 e. The highest BCUT2D eigenvalue weighted by Crippen LogP contribution is 2.31. The summed E-state index contributed by atoms with van der Waals surface area (Å²) in [6, 6.07) is 21.0. The number of aryl methyl sites for hydroxylation is 1. The fourth-order valence-corrected chi connectivity index (χ4v) is 5.37. The Hall–Kier alpha value is -3.52. The highest BCUT2D eigenvalue weighted by atomic mass is 35.5. The minimum atomic E-state index is -0.335. The molecule has 0 spiro atoms. The van der Waals surface area contributed by atoms with E-state index < -0.39 is 0 Å². The number of aromatic nitrogens is 1. The number of thioether (sulfide) groups is 1. The number of carbonyl (C=O) groups excluding carboxylic acids is 1. The van der Waals surface area contributed by atoms with Gasteiger partial charge in [0.15, 0.2) is 5.17 Å². The van der Waals surface area contributed by atoms with Gasteiger partial charge in [0.25, 0.3) is 5.91 Å². The number of ether oxygens (including phenoxy) is 1. The van der Waals surface area contributed by atoms with E-state index in [1.54, 1.807) is 24.3 Å². The summed E-state index contributed by atoms with van der Waals surface area (Å²) in [5.41, 5.74) is 5.35. The Morgan fingerprint density at radius 1 is 1.03 bits per heavy atom. The molecule has 0 saturated carbocycles. The van der Waals surface area contributed by atoms with Crippen LogP contribution in [0.15, 0.2) is 82.7 Å². The van der Waals surface area contributed by atoms with Gasteiger partial charge < -0.3 is 14.6 Å². The molecule has 5 nitrogen and oxygen atoms in total. The Morgan fingerprint density at radius 2 is 1.76 bits per heavy atom. The number of nitrogens with one attached hydrogen (secondary N) is 1. The topological polar surface area (TPSA) is 55.6 Å². The van der Waals surface area contributed by atoms with Crippen molar-refractivity contribution in [3.8, 4) is 11.4 Å². The van der Waals surface area contributed by atoms with Crippen molar-refractivity contribution in [2.75, 3.05) is 0 Å². The van der Waals surface area contributed by atoms with Gasteiger partial charge in [-0.25, -0.2) is 9.38 Å². The lowest BCUT2D eigenvalue weighted by molar-refractivity contribution is -0.115. The zero-order valence-electron chi connectivity index (χ0n) is 20.5. The normalized spacial score (nSPS) is 15.3. The third kappa shape index (κ3) is 5.80. The Balaban J connectivity index is 1.31. The van der Waals surface area contributed by atoms with Crippen LogP contribution in [-0.2, 0) is 11.4 Å². The summed E-state index contributed by atoms with van der Waals surface area (Å²) in [4.78, 5) is 17.5. The van der Waals surface area contributed by atoms with Crippen LogP contribution in [0.2, 0.25) is 10.0 Å². The van der Waals surface area contributed by atoms with Crippen molar-refractivity contribution in [1.29, 1.82) is 0 Å². The van der Waals surface area contributed by atoms with Gasteiger partial charge in [0.1, 0.15) is 18.2 Å². The lowest BCUT2D eigenvalue weighted by Gasteiger charge is -2.12. The molecule has 192 valence electrons. The summed E-state index contributed by atoms with van der Waals surface area (Å²) in [5.74, 6) is 0.164. The molecule has 38 heavy (non-hydrogen) atoms. The fourth-order valence-electron chi connectivity index (χ4n) is 4.08. The average molecular weight is 566 g/mol. The van der Waals surface area contributed by atoms with E-state index in [2.05, 4.69) is 14.9 Å². The highest BCUT2D eigenvalue weighted by Gasteiger charge is 2.24. The summed E-state index contributed by atoms with van der Waals surface area (Å²) >= 11 is 13.5. The second-order valence-corrected chi connectivity index (χ2v) is 10.5. The van der Waals surface area contributed by atoms with Crippen LogP contribution in [-0.4, -0.2) is 15.6 Å². The smallest absolute Gasteiger partial charge is 0.264 e. The standard InChI is InChI=1S/C29H22Cl2FN3O2S/c1-17-13-20(14-27-28(36)34-29(38-27)33-23-7-5-22(32)6-8-23)18(2)35(17)24-9-11-25(12-10-24)37-16-19-3-4-21(30)15-26(19)31/h3-15H,16H2,1-2H3,(H,33,34,36)/b27-14+. The Morgan fingerprint density at radius 3 is 2.47 bits per heavy atom. The van der Waals surface area contributed by atoms with Crippen molar-refractivity contribution >= 4 is 57.8 Å². The summed E-state index contributed by atoms with van der Waals surface area (Å²) in [6.45, 7) is 4.36. The van der Waals surface area contributed by atoms with Crippen LogP contribution in [0, 0.1) is 19.7 Å². The van der Waals surface area contributed by atoms with E-state index in [9.17, 15) is 9.18 Å². The second-order valence-electron chi connectivity index (χ2n) is 8.64. The van der Waals surface area contributed by atoms with Crippen LogP contribution < -0.4 is 10.1 Å². The van der Waals surface area contributed by atoms with Crippen LogP contribution in [0.1, 0.15) is 22.5 Å². The van der Waals surface area contributed by atoms with E-state index in [1.165, 1.54) is 23.9 Å². The first kappa shape index (κ1) is 26.1. The van der Waals surface area contributed by atoms with Crippen molar-refractivity contribution in [2.24, 2.45) is 4.99 Å². The maximum absolute atomic E-state index is 13.2. The Bertz CT molecular complexity index is 1580. The van der Waals surface area contributed by atoms with Gasteiger partial charge in [-0.1, -0.05) is 29.3 Å². The quantitative estimate of drug-likeness (QED) is 0.241. The molecule has 0 radical (unpaired) electrons. The van der Waals surface area contributed by atoms with Gasteiger partial charge in [-0.15, -0.1) is 0 Å². The monoisotopic (exact) mass is 565 g/mol. The van der Waals surface area contributed by atoms with Crippen LogP contribution in [0.4, 0.5) is 10.1 Å². The van der Waals surface area contributed by atoms with Crippen LogP contribution in [0.5, 0.6) is 5.75 Å². The minimum absolute atomic E-state index is 0.219. The molecule has 4 aromatic rings. The van der Waals surface area contributed by atoms with Crippen molar-refractivity contribution in [3.05, 3.63) is 116 Å². The third-order valence-corrected chi connectivity index (χ3v) is 7.47. The van der Waals surface area contributed by atoms with Gasteiger partial charge in [-0.3, -0.25) is 4.79 Å². The molecule has 1 aliphatic heterocycles. The van der Waals surface area contributed by atoms with Gasteiger partial charge >= 0.3 is 0 Å². The number of amides is 1. The summed E-state index contributed by atoms with van der Waals surface area (Å²) in [7, 11) is 0. The molecule has 0 unspecified atom stereocenters. The zero-order valence-corrected chi connectivity index (χ0v) is 22.8. The molecule has 5 rings (SSSR count). The second kappa shape index (κ2) is 11.1. The molecule has 1 amide bonds. The maximum atomic E-state index is 13.2. The predicted octanol–water partition coefficient (Wildman–Crippen LogP) is 8.01. The number of aliphatic imine (C=N–C) groups is 1. The third-order valence-electron chi connectivity index (χ3n) is 5.97. The molecule has 3 aromatic carbocycles. The summed E-state index contributed by atoms with van der Waals surface area (Å²) in [6.07, 6.45) is 1.86. The molecule has 1 aromatic heterocycles. The molecule has 9 heteroatoms. The number of hydrogen-bond acceptors (Lipinski definition) is 4. The molecule has 1 N–H and O–H groups in total. The minimum Gasteiger partial charge on any atom is -0.489 e. The first-order valence-electron chi connectivity index (χ1n) is 11.7. The van der Waals surface area contributed by atoms with E-state index in [0.717, 1.165) is 34.0 Å². The number of nitrogens with zero attached hydrogens (tertiary/aromatic N) is 2. The maximum Gasteiger partial charge on any atom is 0.264 e. The molecule has 1 saturated heterocycles. The Kier molecular flexibility index (Phi) is 7.61. The molecule has 0 atom stereocenters. The zero-order chi connectivity index (χ0) is 26.8. The van der Waals surface area contributed by atoms with Gasteiger partial charge in [0.2, 0.25) is 0 Å². The molecular weight excluding hydrogens is 544 g/mol. The van der Waals surface area contributed by atoms with Crippen molar-refractivity contribution in [1.82, 2.24) is 9.88 Å². The van der Waals surface area contributed by atoms with Gasteiger partial charge in [0.05, 0.1) is 10.6 Å². The van der Waals surface area contributed by atoms with Crippen LogP contribution in [0.25, 0.3) is 11.8 Å². The highest BCUT2D eigenvalue weighted by molar-refractivity contribution is 8.18. The number of rotatable bonds is 6. The van der Waals surface area contributed by atoms with Crippen molar-refractivity contribution < 1.29 is 13.9 Å². The predicted molar refractivity (Wildman–Crippen MR) is 153 cm³/mol. The molecule has 0 bridgehead atoms. The van der Waals surface area contributed by atoms with Crippen LogP contribution >= 0.6 is 35.0 Å². The lowest BCUT2D eigenvalue weighted by atomic mass is 10.2. The van der Waals surface area contributed by atoms with Gasteiger partial charge in [-0.05, 0) is 104 Å². The molecular formula is C29H22Cl2FN3O2S. The van der Waals surface area contributed by atoms with Crippen molar-refractivity contribution in [3.63, 3.8) is 0 Å². The van der Waals surface area contributed by atoms with E-state index in [1.807, 2.05) is 56.3 Å². The van der Waals surface area contributed by atoms with E-state index >= 15 is 0 Å². The molecule has 2 heterocycles. The first-order valence-corrected chi connectivity index (χ1v) is 13.3. The van der Waals surface area contributed by atoms with E-state index in [4.69, 9.17) is 27.9 Å². The lowest BCUT2D eigenvalue weighted by Crippen LogP contribution is -2.19. The average Bonchev–Trinajstić information content (AvgIpc) is 3.37. The number of hydrogen-bond donors (Lipinski definition) is 1. The number of halogens is 3. The van der Waals surface area contributed by atoms with Crippen molar-refractivity contribution in [2.45, 2.75) is 20.5 Å². The van der Waals surface area contributed by atoms with Gasteiger partial charge in [0, 0.05) is 32.7 Å². The van der Waals surface area contributed by atoms with E-state index in [0.29, 0.717) is 32.4 Å². The number of amidine groups is 1. The molecule has 1 fully saturated rings. The van der Waals surface area contributed by atoms with Crippen LogP contribution in [0.3, 0.4) is 0 Å². The molecule has 1 aliphatic rings.